The molecule has 0 spiro atoms. The van der Waals surface area contributed by atoms with Crippen molar-refractivity contribution >= 4 is 11.9 Å². The van der Waals surface area contributed by atoms with Gasteiger partial charge in [-0.3, -0.25) is 4.79 Å². The Labute approximate surface area is 398 Å². The summed E-state index contributed by atoms with van der Waals surface area (Å²) in [5.41, 5.74) is 3.74. The van der Waals surface area contributed by atoms with Gasteiger partial charge in [0, 0.05) is 18.9 Å². The summed E-state index contributed by atoms with van der Waals surface area (Å²) < 4.78 is 18.3. The van der Waals surface area contributed by atoms with Gasteiger partial charge in [-0.05, 0) is 208 Å². The van der Waals surface area contributed by atoms with Crippen LogP contribution in [0.2, 0.25) is 0 Å². The molecule has 0 bridgehead atoms. The Morgan fingerprint density at radius 2 is 1.46 bits per heavy atom. The van der Waals surface area contributed by atoms with Crippen molar-refractivity contribution in [3.8, 4) is 0 Å². The zero-order valence-corrected chi connectivity index (χ0v) is 43.9. The molecule has 0 aliphatic heterocycles. The van der Waals surface area contributed by atoms with Gasteiger partial charge in [-0.2, -0.15) is 0 Å². The van der Waals surface area contributed by atoms with Gasteiger partial charge in [0.2, 0.25) is 0 Å². The van der Waals surface area contributed by atoms with Gasteiger partial charge in [-0.1, -0.05) is 112 Å². The molecule has 8 saturated carbocycles. The first kappa shape index (κ1) is 48.4. The summed E-state index contributed by atoms with van der Waals surface area (Å²) in [5, 5.41) is 0. The van der Waals surface area contributed by atoms with E-state index >= 15 is 4.79 Å². The number of carbonyl (C=O) groups is 2. The van der Waals surface area contributed by atoms with Gasteiger partial charge in [0.05, 0.1) is 5.41 Å². The second-order valence-electron chi connectivity index (χ2n) is 27.7. The summed E-state index contributed by atoms with van der Waals surface area (Å²) in [6.07, 6.45) is 27.9. The highest BCUT2D eigenvalue weighted by molar-refractivity contribution is 5.78. The number of carbonyl (C=O) groups excluding carboxylic acids is 2. The lowest BCUT2D eigenvalue weighted by atomic mass is 9.32. The number of hydrogen-bond donors (Lipinski definition) is 0. The van der Waals surface area contributed by atoms with Crippen LogP contribution in [0.4, 0.5) is 0 Å². The maximum absolute atomic E-state index is 15.3. The molecule has 3 unspecified atom stereocenters. The molecule has 9 rings (SSSR count). The molecule has 5 nitrogen and oxygen atoms in total. The Hall–Kier alpha value is -1.62. The molecule has 18 atom stereocenters. The molecule has 65 heavy (non-hydrogen) atoms. The molecule has 0 aromatic carbocycles. The zero-order valence-electron chi connectivity index (χ0n) is 43.9. The predicted octanol–water partition coefficient (Wildman–Crippen LogP) is 15.2. The minimum atomic E-state index is -0.393. The SMILES string of the molecule is C=C(C)C1CC[C@]2(C(=O)O[C@@H]3CC[C@@]4(C)C(=CC[C@H]5[C@@H]6CC[C@H]([C@H](C)CCCC(C)C)[C@@]6(C)CC[C@@H]54)C3)CC[C@]3(C)[C@H](CC[C@@H]4[C@@]5(C)CC[C@H](OC(=O)COC)C(C)(C)C5CC[C@]43C)C12. The minimum Gasteiger partial charge on any atom is -0.462 e. The fraction of sp³-hybridized carbons (Fsp3) is 0.900. The normalized spacial score (nSPS) is 48.8. The van der Waals surface area contributed by atoms with Crippen LogP contribution in [0.25, 0.3) is 0 Å². The van der Waals surface area contributed by atoms with Crippen molar-refractivity contribution in [2.45, 2.75) is 223 Å². The van der Waals surface area contributed by atoms with Gasteiger partial charge < -0.3 is 14.2 Å². The predicted molar refractivity (Wildman–Crippen MR) is 264 cm³/mol. The maximum atomic E-state index is 15.3. The van der Waals surface area contributed by atoms with E-state index in [4.69, 9.17) is 14.2 Å². The summed E-state index contributed by atoms with van der Waals surface area (Å²) in [7, 11) is 1.57. The Morgan fingerprint density at radius 1 is 0.723 bits per heavy atom. The van der Waals surface area contributed by atoms with Crippen molar-refractivity contribution in [3.63, 3.8) is 0 Å². The Balaban J connectivity index is 0.901. The molecule has 9 aliphatic carbocycles. The van der Waals surface area contributed by atoms with Crippen LogP contribution in [0, 0.1) is 103 Å². The fourth-order valence-electron chi connectivity index (χ4n) is 21.0. The van der Waals surface area contributed by atoms with E-state index in [0.717, 1.165) is 86.9 Å². The van der Waals surface area contributed by atoms with Crippen LogP contribution < -0.4 is 0 Å². The highest BCUT2D eigenvalue weighted by atomic mass is 16.6. The second kappa shape index (κ2) is 17.1. The van der Waals surface area contributed by atoms with E-state index < -0.39 is 5.41 Å². The number of allylic oxidation sites excluding steroid dienone is 2. The summed E-state index contributed by atoms with van der Waals surface area (Å²) in [4.78, 5) is 28.0. The number of fused-ring (bicyclic) bond motifs is 12. The highest BCUT2D eigenvalue weighted by Crippen LogP contribution is 2.78. The summed E-state index contributed by atoms with van der Waals surface area (Å²) in [5.74, 6) is 7.28. The van der Waals surface area contributed by atoms with E-state index in [1.807, 2.05) is 0 Å². The minimum absolute atomic E-state index is 0.0118. The average molecular weight is 897 g/mol. The van der Waals surface area contributed by atoms with Crippen molar-refractivity contribution < 1.29 is 23.8 Å². The van der Waals surface area contributed by atoms with Crippen molar-refractivity contribution in [2.24, 2.45) is 103 Å². The smallest absolute Gasteiger partial charge is 0.332 e. The van der Waals surface area contributed by atoms with Gasteiger partial charge >= 0.3 is 11.9 Å². The van der Waals surface area contributed by atoms with Crippen molar-refractivity contribution in [3.05, 3.63) is 23.8 Å². The molecule has 8 fully saturated rings. The lowest BCUT2D eigenvalue weighted by Crippen LogP contribution is -2.67. The first-order valence-electron chi connectivity index (χ1n) is 27.8. The molecule has 9 aliphatic rings. The Morgan fingerprint density at radius 3 is 2.18 bits per heavy atom. The van der Waals surface area contributed by atoms with Crippen LogP contribution in [0.3, 0.4) is 0 Å². The van der Waals surface area contributed by atoms with E-state index in [9.17, 15) is 4.79 Å². The lowest BCUT2D eigenvalue weighted by molar-refractivity contribution is -0.251. The molecule has 0 heterocycles. The molecular formula is C60H96O5. The van der Waals surface area contributed by atoms with Crippen molar-refractivity contribution in [2.75, 3.05) is 13.7 Å². The monoisotopic (exact) mass is 897 g/mol. The Kier molecular flexibility index (Phi) is 12.7. The number of hydrogen-bond acceptors (Lipinski definition) is 5. The first-order valence-corrected chi connectivity index (χ1v) is 27.8. The van der Waals surface area contributed by atoms with Crippen LogP contribution in [0.15, 0.2) is 23.8 Å². The zero-order chi connectivity index (χ0) is 46.7. The third kappa shape index (κ3) is 7.31. The summed E-state index contributed by atoms with van der Waals surface area (Å²) in [6.45, 7) is 32.4. The van der Waals surface area contributed by atoms with Gasteiger partial charge in [-0.15, -0.1) is 0 Å². The maximum Gasteiger partial charge on any atom is 0.332 e. The average Bonchev–Trinajstić information content (AvgIpc) is 3.82. The summed E-state index contributed by atoms with van der Waals surface area (Å²) >= 11 is 0. The Bertz CT molecular complexity index is 1860. The number of methoxy groups -OCH3 is 1. The van der Waals surface area contributed by atoms with Crippen LogP contribution in [0.1, 0.15) is 211 Å². The number of rotatable bonds is 11. The molecule has 366 valence electrons. The van der Waals surface area contributed by atoms with E-state index in [1.54, 1.807) is 12.7 Å². The van der Waals surface area contributed by atoms with Crippen molar-refractivity contribution in [1.29, 1.82) is 0 Å². The first-order chi connectivity index (χ1) is 30.6. The lowest BCUT2D eigenvalue weighted by Gasteiger charge is -2.72. The molecule has 0 amide bonds. The van der Waals surface area contributed by atoms with Crippen LogP contribution >= 0.6 is 0 Å². The quantitative estimate of drug-likeness (QED) is 0.153. The van der Waals surface area contributed by atoms with Gasteiger partial charge in [-0.25, -0.2) is 4.79 Å². The van der Waals surface area contributed by atoms with Gasteiger partial charge in [0.1, 0.15) is 18.8 Å². The van der Waals surface area contributed by atoms with E-state index in [-0.39, 0.29) is 57.8 Å². The fourth-order valence-corrected chi connectivity index (χ4v) is 21.0. The summed E-state index contributed by atoms with van der Waals surface area (Å²) in [6, 6.07) is 0. The topological polar surface area (TPSA) is 61.8 Å². The van der Waals surface area contributed by atoms with Gasteiger partial charge in [0.25, 0.3) is 0 Å². The standard InChI is InChI=1S/C60H96O5/c1-37(2)15-14-16-39(5)44-19-20-45-43-18-17-40-35-41(23-28-55(40,8)46(43)25-29-56(44,45)9)64-53(62)60-32-24-42(38(3)4)52(60)47-21-22-49-57(10)30-27-50(65-51(61)36-63-13)54(6,7)48(57)26-31-59(49,12)58(47,11)33-34-60/h17,37,39,41-50,52H,3,14-16,18-36H2,1-2,4-13H3/t39-,41-,42?,43+,44-,45+,46+,47-,48?,49-,50+,52?,55+,56-,57+,58-,59-,60+/m1/s1. The van der Waals surface area contributed by atoms with Crippen LogP contribution in [-0.4, -0.2) is 37.9 Å². The van der Waals surface area contributed by atoms with E-state index in [0.29, 0.717) is 35.0 Å². The number of esters is 2. The third-order valence-electron chi connectivity index (χ3n) is 24.5. The van der Waals surface area contributed by atoms with E-state index in [2.05, 4.69) is 88.8 Å². The van der Waals surface area contributed by atoms with E-state index in [1.165, 1.54) is 89.0 Å². The number of ether oxygens (including phenoxy) is 3. The molecule has 0 saturated heterocycles. The molecular weight excluding hydrogens is 801 g/mol. The third-order valence-corrected chi connectivity index (χ3v) is 24.5. The molecule has 0 radical (unpaired) electrons. The van der Waals surface area contributed by atoms with Crippen LogP contribution in [-0.2, 0) is 23.8 Å². The molecule has 0 aromatic rings. The van der Waals surface area contributed by atoms with Crippen LogP contribution in [0.5, 0.6) is 0 Å². The van der Waals surface area contributed by atoms with Gasteiger partial charge in [0.15, 0.2) is 0 Å². The van der Waals surface area contributed by atoms with Crippen molar-refractivity contribution in [1.82, 2.24) is 0 Å². The molecule has 5 heteroatoms. The molecule has 0 aromatic heterocycles. The molecule has 0 N–H and O–H groups in total. The second-order valence-corrected chi connectivity index (χ2v) is 27.7. The highest BCUT2D eigenvalue weighted by Gasteiger charge is 2.73. The largest absolute Gasteiger partial charge is 0.462 e.